The third-order valence-corrected chi connectivity index (χ3v) is 8.31. The topological polar surface area (TPSA) is 171 Å². The first kappa shape index (κ1) is 31.4. The Morgan fingerprint density at radius 3 is 2.37 bits per heavy atom. The third kappa shape index (κ3) is 8.73. The standard InChI is InChI=1S/C29H35N7O6S/c1-20-6-11-25(21(2)26(20)32-27(37)22-5-3-12-30-19-22)43(40,41)35-24-9-7-23(8-10-24)33-34-29(39)28(38)31-13-4-14-36-15-17-42-18-16-36/h3,5-12,19,33,35H,4,13-18H2,1-2H3,(H,31,38)(H,32,37)(H,34,39). The Morgan fingerprint density at radius 2 is 1.67 bits per heavy atom. The maximum Gasteiger partial charge on any atom is 0.327 e. The maximum atomic E-state index is 13.3. The van der Waals surface area contributed by atoms with Gasteiger partial charge in [-0.2, -0.15) is 0 Å². The molecule has 3 amide bonds. The lowest BCUT2D eigenvalue weighted by Gasteiger charge is -2.26. The number of hydrazine groups is 1. The molecular weight excluding hydrogens is 574 g/mol. The van der Waals surface area contributed by atoms with Crippen LogP contribution in [-0.2, 0) is 24.3 Å². The van der Waals surface area contributed by atoms with Crippen molar-refractivity contribution in [3.63, 3.8) is 0 Å². The molecule has 0 aliphatic carbocycles. The number of sulfonamides is 1. The van der Waals surface area contributed by atoms with Gasteiger partial charge in [0.15, 0.2) is 0 Å². The first-order valence-corrected chi connectivity index (χ1v) is 15.2. The van der Waals surface area contributed by atoms with Crippen molar-refractivity contribution in [2.75, 3.05) is 54.9 Å². The van der Waals surface area contributed by atoms with Gasteiger partial charge in [0.2, 0.25) is 0 Å². The average Bonchev–Trinajstić information content (AvgIpc) is 3.01. The normalized spacial score (nSPS) is 13.5. The zero-order valence-corrected chi connectivity index (χ0v) is 24.8. The van der Waals surface area contributed by atoms with Crippen molar-refractivity contribution >= 4 is 44.8 Å². The van der Waals surface area contributed by atoms with Crippen LogP contribution < -0.4 is 26.2 Å². The first-order valence-electron chi connectivity index (χ1n) is 13.7. The van der Waals surface area contributed by atoms with E-state index in [9.17, 15) is 22.8 Å². The van der Waals surface area contributed by atoms with Gasteiger partial charge < -0.3 is 15.4 Å². The lowest BCUT2D eigenvalue weighted by molar-refractivity contribution is -0.138. The third-order valence-electron chi connectivity index (χ3n) is 6.78. The molecule has 0 saturated carbocycles. The van der Waals surface area contributed by atoms with E-state index in [2.05, 4.69) is 36.1 Å². The number of carbonyl (C=O) groups is 3. The van der Waals surface area contributed by atoms with E-state index in [4.69, 9.17) is 4.74 Å². The molecule has 1 aliphatic heterocycles. The number of morpholine rings is 1. The van der Waals surface area contributed by atoms with E-state index >= 15 is 0 Å². The molecule has 228 valence electrons. The summed E-state index contributed by atoms with van der Waals surface area (Å²) in [5, 5.41) is 5.38. The van der Waals surface area contributed by atoms with E-state index in [1.807, 2.05) is 0 Å². The minimum Gasteiger partial charge on any atom is -0.379 e. The second-order valence-electron chi connectivity index (χ2n) is 9.90. The second kappa shape index (κ2) is 14.6. The van der Waals surface area contributed by atoms with Crippen LogP contribution in [-0.4, -0.2) is 75.4 Å². The van der Waals surface area contributed by atoms with Gasteiger partial charge in [0.25, 0.3) is 15.9 Å². The van der Waals surface area contributed by atoms with Gasteiger partial charge >= 0.3 is 11.8 Å². The Bertz CT molecular complexity index is 1540. The average molecular weight is 610 g/mol. The quantitative estimate of drug-likeness (QED) is 0.124. The number of anilines is 3. The summed E-state index contributed by atoms with van der Waals surface area (Å²) in [7, 11) is -4.02. The van der Waals surface area contributed by atoms with Crippen molar-refractivity contribution < 1.29 is 27.5 Å². The smallest absolute Gasteiger partial charge is 0.327 e. The number of ether oxygens (including phenoxy) is 1. The van der Waals surface area contributed by atoms with Crippen molar-refractivity contribution in [3.05, 3.63) is 77.6 Å². The molecule has 4 rings (SSSR count). The molecule has 1 saturated heterocycles. The van der Waals surface area contributed by atoms with E-state index < -0.39 is 27.7 Å². The van der Waals surface area contributed by atoms with Crippen LogP contribution in [0, 0.1) is 13.8 Å². The Morgan fingerprint density at radius 1 is 0.953 bits per heavy atom. The predicted octanol–water partition coefficient (Wildman–Crippen LogP) is 2.03. The summed E-state index contributed by atoms with van der Waals surface area (Å²) in [4.78, 5) is 43.0. The highest BCUT2D eigenvalue weighted by Gasteiger charge is 2.21. The van der Waals surface area contributed by atoms with Gasteiger partial charge in [0.1, 0.15) is 0 Å². The number of carbonyl (C=O) groups excluding carboxylic acids is 3. The fourth-order valence-electron chi connectivity index (χ4n) is 4.42. The number of aromatic nitrogens is 1. The van der Waals surface area contributed by atoms with Gasteiger partial charge in [-0.3, -0.25) is 39.8 Å². The Balaban J connectivity index is 1.29. The van der Waals surface area contributed by atoms with Gasteiger partial charge in [-0.15, -0.1) is 0 Å². The summed E-state index contributed by atoms with van der Waals surface area (Å²) in [5.74, 6) is -2.01. The lowest BCUT2D eigenvalue weighted by atomic mass is 10.1. The van der Waals surface area contributed by atoms with E-state index in [1.54, 1.807) is 50.4 Å². The number of rotatable bonds is 11. The van der Waals surface area contributed by atoms with Crippen LogP contribution in [0.5, 0.6) is 0 Å². The molecule has 2 heterocycles. The SMILES string of the molecule is Cc1ccc(S(=O)(=O)Nc2ccc(NNC(=O)C(=O)NCCCN3CCOCC3)cc2)c(C)c1NC(=O)c1cccnc1. The molecule has 1 fully saturated rings. The minimum atomic E-state index is -4.02. The number of pyridine rings is 1. The summed E-state index contributed by atoms with van der Waals surface area (Å²) in [6, 6.07) is 12.4. The van der Waals surface area contributed by atoms with Crippen molar-refractivity contribution in [2.45, 2.75) is 25.2 Å². The lowest BCUT2D eigenvalue weighted by Crippen LogP contribution is -2.43. The van der Waals surface area contributed by atoms with Gasteiger partial charge in [0, 0.05) is 43.4 Å². The number of hydrogen-bond acceptors (Lipinski definition) is 9. The number of nitrogens with one attached hydrogen (secondary N) is 5. The summed E-state index contributed by atoms with van der Waals surface area (Å²) >= 11 is 0. The van der Waals surface area contributed by atoms with Crippen LogP contribution in [0.4, 0.5) is 17.1 Å². The number of amides is 3. The van der Waals surface area contributed by atoms with Crippen molar-refractivity contribution in [1.82, 2.24) is 20.6 Å². The monoisotopic (exact) mass is 609 g/mol. The molecule has 5 N–H and O–H groups in total. The van der Waals surface area contributed by atoms with E-state index in [-0.39, 0.29) is 10.6 Å². The fourth-order valence-corrected chi connectivity index (χ4v) is 5.73. The maximum absolute atomic E-state index is 13.3. The van der Waals surface area contributed by atoms with Gasteiger partial charge in [-0.25, -0.2) is 8.42 Å². The van der Waals surface area contributed by atoms with Gasteiger partial charge in [-0.1, -0.05) is 6.07 Å². The number of aryl methyl sites for hydroxylation is 1. The molecule has 0 atom stereocenters. The zero-order valence-electron chi connectivity index (χ0n) is 24.0. The Kier molecular flexibility index (Phi) is 10.6. The molecule has 0 unspecified atom stereocenters. The van der Waals surface area contributed by atoms with Crippen LogP contribution in [0.25, 0.3) is 0 Å². The molecule has 1 aliphatic rings. The Hall–Kier alpha value is -4.53. The van der Waals surface area contributed by atoms with Crippen LogP contribution >= 0.6 is 0 Å². The highest BCUT2D eigenvalue weighted by molar-refractivity contribution is 7.92. The molecule has 0 bridgehead atoms. The second-order valence-corrected chi connectivity index (χ2v) is 11.6. The summed E-state index contributed by atoms with van der Waals surface area (Å²) in [6.07, 6.45) is 3.70. The molecule has 43 heavy (non-hydrogen) atoms. The predicted molar refractivity (Wildman–Crippen MR) is 162 cm³/mol. The molecule has 14 heteroatoms. The summed E-state index contributed by atoms with van der Waals surface area (Å²) in [6.45, 7) is 7.71. The van der Waals surface area contributed by atoms with Crippen molar-refractivity contribution in [1.29, 1.82) is 0 Å². The largest absolute Gasteiger partial charge is 0.379 e. The van der Waals surface area contributed by atoms with Crippen LogP contribution in [0.15, 0.2) is 65.8 Å². The summed E-state index contributed by atoms with van der Waals surface area (Å²) in [5.41, 5.74) is 7.49. The molecule has 2 aromatic carbocycles. The first-order chi connectivity index (χ1) is 20.6. The van der Waals surface area contributed by atoms with E-state index in [1.165, 1.54) is 24.4 Å². The van der Waals surface area contributed by atoms with Crippen LogP contribution in [0.3, 0.4) is 0 Å². The molecule has 1 aromatic heterocycles. The molecule has 13 nitrogen and oxygen atoms in total. The Labute approximate surface area is 250 Å². The fraction of sp³-hybridized carbons (Fsp3) is 0.310. The van der Waals surface area contributed by atoms with E-state index in [0.29, 0.717) is 54.2 Å². The van der Waals surface area contributed by atoms with Gasteiger partial charge in [-0.05, 0) is 80.4 Å². The highest BCUT2D eigenvalue weighted by atomic mass is 32.2. The number of hydrogen-bond donors (Lipinski definition) is 5. The highest BCUT2D eigenvalue weighted by Crippen LogP contribution is 2.29. The number of nitrogens with zero attached hydrogens (tertiary/aromatic N) is 2. The molecule has 0 radical (unpaired) electrons. The molecule has 3 aromatic rings. The van der Waals surface area contributed by atoms with Gasteiger partial charge in [0.05, 0.1) is 29.4 Å². The summed E-state index contributed by atoms with van der Waals surface area (Å²) < 4.78 is 34.3. The zero-order chi connectivity index (χ0) is 30.8. The minimum absolute atomic E-state index is 0.00464. The van der Waals surface area contributed by atoms with Crippen LogP contribution in [0.2, 0.25) is 0 Å². The number of benzene rings is 2. The van der Waals surface area contributed by atoms with E-state index in [0.717, 1.165) is 19.6 Å². The molecule has 0 spiro atoms. The van der Waals surface area contributed by atoms with Crippen molar-refractivity contribution in [3.8, 4) is 0 Å². The molecular formula is C29H35N7O6S. The van der Waals surface area contributed by atoms with Crippen LogP contribution in [0.1, 0.15) is 27.9 Å². The van der Waals surface area contributed by atoms with Crippen molar-refractivity contribution in [2.24, 2.45) is 0 Å².